The highest BCUT2D eigenvalue weighted by molar-refractivity contribution is 5.95. The number of carbonyl (C=O) groups excluding carboxylic acids is 1. The largest absolute Gasteiger partial charge is 0.379 e. The number of anilines is 1. The van der Waals surface area contributed by atoms with Gasteiger partial charge < -0.3 is 20.1 Å². The lowest BCUT2D eigenvalue weighted by molar-refractivity contribution is -0.118. The highest BCUT2D eigenvalue weighted by atomic mass is 16.5. The molecule has 1 aliphatic heterocycles. The molecule has 0 bridgehead atoms. The number of benzene rings is 1. The van der Waals surface area contributed by atoms with E-state index in [1.54, 1.807) is 0 Å². The van der Waals surface area contributed by atoms with Crippen LogP contribution in [0.15, 0.2) is 24.3 Å². The van der Waals surface area contributed by atoms with Crippen LogP contribution in [-0.4, -0.2) is 38.8 Å². The molecule has 0 aromatic heterocycles. The molecule has 1 atom stereocenters. The summed E-state index contributed by atoms with van der Waals surface area (Å²) in [6.07, 6.45) is 5.54. The number of nitrogens with one attached hydrogen (secondary N) is 2. The van der Waals surface area contributed by atoms with Crippen LogP contribution >= 0.6 is 0 Å². The van der Waals surface area contributed by atoms with E-state index < -0.39 is 0 Å². The number of ether oxygens (including phenoxy) is 2. The Hall–Kier alpha value is -1.43. The Balaban J connectivity index is 1.39. The van der Waals surface area contributed by atoms with Crippen LogP contribution in [0.4, 0.5) is 5.69 Å². The second-order valence-corrected chi connectivity index (χ2v) is 7.58. The molecule has 1 heterocycles. The van der Waals surface area contributed by atoms with Crippen molar-refractivity contribution >= 4 is 11.6 Å². The number of rotatable bonds is 10. The Morgan fingerprint density at radius 1 is 1.23 bits per heavy atom. The van der Waals surface area contributed by atoms with Crippen molar-refractivity contribution in [1.82, 2.24) is 5.32 Å². The topological polar surface area (TPSA) is 59.6 Å². The Morgan fingerprint density at radius 2 is 2.04 bits per heavy atom. The van der Waals surface area contributed by atoms with Crippen LogP contribution in [0.5, 0.6) is 0 Å². The lowest BCUT2D eigenvalue weighted by Crippen LogP contribution is -2.31. The van der Waals surface area contributed by atoms with E-state index in [-0.39, 0.29) is 17.2 Å². The molecule has 1 unspecified atom stereocenters. The van der Waals surface area contributed by atoms with Crippen molar-refractivity contribution in [3.8, 4) is 0 Å². The van der Waals surface area contributed by atoms with Gasteiger partial charge in [-0.15, -0.1) is 0 Å². The summed E-state index contributed by atoms with van der Waals surface area (Å²) in [5.41, 5.74) is 2.21. The Kier molecular flexibility index (Phi) is 7.06. The number of hydrogen-bond donors (Lipinski definition) is 2. The van der Waals surface area contributed by atoms with Crippen LogP contribution in [0.25, 0.3) is 0 Å². The van der Waals surface area contributed by atoms with Crippen LogP contribution in [0, 0.1) is 11.3 Å². The first-order valence-electron chi connectivity index (χ1n) is 9.99. The molecule has 3 rings (SSSR count). The van der Waals surface area contributed by atoms with Gasteiger partial charge in [0.05, 0.1) is 19.8 Å². The Bertz CT molecular complexity index is 584. The minimum Gasteiger partial charge on any atom is -0.379 e. The van der Waals surface area contributed by atoms with Crippen molar-refractivity contribution in [2.45, 2.75) is 45.6 Å². The molecule has 1 aromatic carbocycles. The summed E-state index contributed by atoms with van der Waals surface area (Å²) in [5, 5.41) is 6.48. The molecule has 0 radical (unpaired) electrons. The van der Waals surface area contributed by atoms with Crippen molar-refractivity contribution in [2.24, 2.45) is 11.3 Å². The maximum Gasteiger partial charge on any atom is 0.228 e. The third-order valence-corrected chi connectivity index (χ3v) is 5.58. The minimum atomic E-state index is 0.175. The van der Waals surface area contributed by atoms with Crippen LogP contribution < -0.4 is 10.6 Å². The molecular formula is C21H32N2O3. The normalized spacial score (nSPS) is 20.9. The first-order valence-corrected chi connectivity index (χ1v) is 9.99. The molecule has 2 fully saturated rings. The Labute approximate surface area is 156 Å². The summed E-state index contributed by atoms with van der Waals surface area (Å²) in [6, 6.07) is 7.96. The molecule has 5 nitrogen and oxygen atoms in total. The third kappa shape index (κ3) is 5.29. The van der Waals surface area contributed by atoms with E-state index in [1.165, 1.54) is 0 Å². The number of piperidine rings is 1. The zero-order valence-corrected chi connectivity index (χ0v) is 15.9. The molecule has 2 N–H and O–H groups in total. The molecular weight excluding hydrogens is 328 g/mol. The second-order valence-electron chi connectivity index (χ2n) is 7.58. The van der Waals surface area contributed by atoms with E-state index in [4.69, 9.17) is 9.47 Å². The zero-order chi connectivity index (χ0) is 18.2. The average Bonchev–Trinajstić information content (AvgIpc) is 3.35. The molecule has 26 heavy (non-hydrogen) atoms. The summed E-state index contributed by atoms with van der Waals surface area (Å²) >= 11 is 0. The van der Waals surface area contributed by atoms with Crippen LogP contribution in [0.1, 0.15) is 44.6 Å². The smallest absolute Gasteiger partial charge is 0.228 e. The van der Waals surface area contributed by atoms with Crippen molar-refractivity contribution in [2.75, 3.05) is 38.2 Å². The summed E-state index contributed by atoms with van der Waals surface area (Å²) in [6.45, 7) is 6.81. The number of hydrogen-bond acceptors (Lipinski definition) is 4. The van der Waals surface area contributed by atoms with Gasteiger partial charge in [0.2, 0.25) is 5.91 Å². The maximum absolute atomic E-state index is 12.6. The monoisotopic (exact) mass is 360 g/mol. The van der Waals surface area contributed by atoms with Crippen LogP contribution in [0.3, 0.4) is 0 Å². The molecule has 1 aromatic rings. The first-order chi connectivity index (χ1) is 12.7. The van der Waals surface area contributed by atoms with E-state index in [0.29, 0.717) is 19.8 Å². The van der Waals surface area contributed by atoms with Gasteiger partial charge in [-0.05, 0) is 61.9 Å². The fourth-order valence-corrected chi connectivity index (χ4v) is 3.82. The molecule has 5 heteroatoms. The second kappa shape index (κ2) is 9.49. The highest BCUT2D eigenvalue weighted by Crippen LogP contribution is 2.58. The molecule has 1 saturated heterocycles. The molecule has 2 aliphatic rings. The summed E-state index contributed by atoms with van der Waals surface area (Å²) < 4.78 is 11.2. The quantitative estimate of drug-likeness (QED) is 0.628. The van der Waals surface area contributed by atoms with E-state index in [9.17, 15) is 4.79 Å². The number of amides is 1. The zero-order valence-electron chi connectivity index (χ0n) is 15.9. The standard InChI is InChI=1S/C21H32N2O3/c1-2-3-11-25-12-13-26-16-17-5-4-6-18(14-17)23-20(24)19-15-21(19)7-9-22-10-8-21/h4-6,14,19,22H,2-3,7-13,15-16H2,1H3,(H,23,24). The van der Waals surface area contributed by atoms with Gasteiger partial charge in [-0.25, -0.2) is 0 Å². The van der Waals surface area contributed by atoms with Gasteiger partial charge in [-0.2, -0.15) is 0 Å². The molecule has 1 amide bonds. The summed E-state index contributed by atoms with van der Waals surface area (Å²) in [7, 11) is 0. The van der Waals surface area contributed by atoms with Crippen molar-refractivity contribution < 1.29 is 14.3 Å². The van der Waals surface area contributed by atoms with Crippen LogP contribution in [-0.2, 0) is 20.9 Å². The lowest BCUT2D eigenvalue weighted by atomic mass is 9.92. The molecule has 1 saturated carbocycles. The molecule has 144 valence electrons. The molecule has 1 spiro atoms. The summed E-state index contributed by atoms with van der Waals surface area (Å²) in [5.74, 6) is 0.360. The van der Waals surface area contributed by atoms with Crippen molar-refractivity contribution in [3.63, 3.8) is 0 Å². The Morgan fingerprint density at radius 3 is 2.85 bits per heavy atom. The third-order valence-electron chi connectivity index (χ3n) is 5.58. The van der Waals surface area contributed by atoms with E-state index >= 15 is 0 Å². The molecule has 1 aliphatic carbocycles. The SMILES string of the molecule is CCCCOCCOCc1cccc(NC(=O)C2CC23CCNCC3)c1. The average molecular weight is 360 g/mol. The van der Waals surface area contributed by atoms with Gasteiger partial charge in [0.25, 0.3) is 0 Å². The van der Waals surface area contributed by atoms with Crippen LogP contribution in [0.2, 0.25) is 0 Å². The van der Waals surface area contributed by atoms with E-state index in [2.05, 4.69) is 17.6 Å². The van der Waals surface area contributed by atoms with Gasteiger partial charge in [0.15, 0.2) is 0 Å². The lowest BCUT2D eigenvalue weighted by Gasteiger charge is -2.23. The van der Waals surface area contributed by atoms with Gasteiger partial charge in [-0.1, -0.05) is 25.5 Å². The van der Waals surface area contributed by atoms with Gasteiger partial charge in [-0.3, -0.25) is 4.79 Å². The van der Waals surface area contributed by atoms with E-state index in [1.807, 2.05) is 24.3 Å². The van der Waals surface area contributed by atoms with Crippen molar-refractivity contribution in [1.29, 1.82) is 0 Å². The fourth-order valence-electron chi connectivity index (χ4n) is 3.82. The summed E-state index contributed by atoms with van der Waals surface area (Å²) in [4.78, 5) is 12.6. The minimum absolute atomic E-state index is 0.175. The van der Waals surface area contributed by atoms with Gasteiger partial charge >= 0.3 is 0 Å². The number of unbranched alkanes of at least 4 members (excludes halogenated alkanes) is 1. The van der Waals surface area contributed by atoms with Gasteiger partial charge in [0.1, 0.15) is 0 Å². The highest BCUT2D eigenvalue weighted by Gasteiger charge is 2.57. The predicted molar refractivity (Wildman–Crippen MR) is 103 cm³/mol. The predicted octanol–water partition coefficient (Wildman–Crippen LogP) is 3.35. The van der Waals surface area contributed by atoms with Crippen molar-refractivity contribution in [3.05, 3.63) is 29.8 Å². The van der Waals surface area contributed by atoms with Gasteiger partial charge in [0, 0.05) is 18.2 Å². The number of carbonyl (C=O) groups is 1. The fraction of sp³-hybridized carbons (Fsp3) is 0.667. The van der Waals surface area contributed by atoms with E-state index in [0.717, 1.165) is 63.1 Å². The first kappa shape index (κ1) is 19.3. The maximum atomic E-state index is 12.6.